The van der Waals surface area contributed by atoms with Crippen molar-refractivity contribution in [2.45, 2.75) is 25.8 Å². The molecule has 1 aliphatic heterocycles. The van der Waals surface area contributed by atoms with Gasteiger partial charge in [-0.05, 0) is 41.0 Å². The fourth-order valence-electron chi connectivity index (χ4n) is 3.48. The van der Waals surface area contributed by atoms with Gasteiger partial charge in [-0.2, -0.15) is 0 Å². The van der Waals surface area contributed by atoms with Gasteiger partial charge >= 0.3 is 0 Å². The van der Waals surface area contributed by atoms with Gasteiger partial charge in [0.2, 0.25) is 0 Å². The van der Waals surface area contributed by atoms with E-state index in [0.717, 1.165) is 40.7 Å². The highest BCUT2D eigenvalue weighted by Crippen LogP contribution is 2.33. The average Bonchev–Trinajstić information content (AvgIpc) is 2.96. The molecule has 1 N–H and O–H groups in total. The molecule has 0 saturated heterocycles. The molecule has 0 aliphatic carbocycles. The van der Waals surface area contributed by atoms with Crippen molar-refractivity contribution in [3.63, 3.8) is 0 Å². The smallest absolute Gasteiger partial charge is 0.252 e. The molecule has 1 aliphatic rings. The molecule has 3 aromatic carbocycles. The Hall–Kier alpha value is -3.01. The Morgan fingerprint density at radius 3 is 2.63 bits per heavy atom. The van der Waals surface area contributed by atoms with Crippen LogP contribution in [0, 0.1) is 0 Å². The second kappa shape index (κ2) is 7.70. The first-order chi connectivity index (χ1) is 13.3. The number of benzene rings is 3. The van der Waals surface area contributed by atoms with Gasteiger partial charge in [0.05, 0.1) is 19.3 Å². The van der Waals surface area contributed by atoms with Crippen molar-refractivity contribution in [1.29, 1.82) is 0 Å². The molecule has 0 spiro atoms. The predicted molar refractivity (Wildman–Crippen MR) is 106 cm³/mol. The van der Waals surface area contributed by atoms with Crippen molar-refractivity contribution in [2.24, 2.45) is 0 Å². The zero-order valence-corrected chi connectivity index (χ0v) is 15.4. The number of nitrogens with one attached hydrogen (secondary N) is 1. The Labute approximate surface area is 159 Å². The summed E-state index contributed by atoms with van der Waals surface area (Å²) in [6.07, 6.45) is 1.66. The second-order valence-corrected chi connectivity index (χ2v) is 6.72. The number of fused-ring (bicyclic) bond motifs is 2. The molecule has 0 radical (unpaired) electrons. The SMILES string of the molecule is CC[C@H](NC(=O)c1cccc2ccccc12)c1ccc2c(c1)OCCCO2. The van der Waals surface area contributed by atoms with Crippen LogP contribution in [0.3, 0.4) is 0 Å². The van der Waals surface area contributed by atoms with E-state index in [1.807, 2.05) is 60.7 Å². The number of hydrogen-bond acceptors (Lipinski definition) is 3. The third-order valence-electron chi connectivity index (χ3n) is 4.92. The first-order valence-corrected chi connectivity index (χ1v) is 9.44. The third kappa shape index (κ3) is 3.61. The number of carbonyl (C=O) groups is 1. The molecule has 4 heteroatoms. The number of rotatable bonds is 4. The summed E-state index contributed by atoms with van der Waals surface area (Å²) in [4.78, 5) is 13.0. The lowest BCUT2D eigenvalue weighted by Crippen LogP contribution is -2.28. The average molecular weight is 361 g/mol. The van der Waals surface area contributed by atoms with E-state index < -0.39 is 0 Å². The standard InChI is InChI=1S/C23H23NO3/c1-2-20(17-11-12-21-22(15-17)27-14-6-13-26-21)24-23(25)19-10-5-8-16-7-3-4-9-18(16)19/h3-5,7-12,15,20H,2,6,13-14H2,1H3,(H,24,25)/t20-/m0/s1. The Kier molecular flexibility index (Phi) is 4.97. The highest BCUT2D eigenvalue weighted by molar-refractivity contribution is 6.07. The summed E-state index contributed by atoms with van der Waals surface area (Å²) in [5, 5.41) is 5.21. The van der Waals surface area contributed by atoms with Gasteiger partial charge in [0, 0.05) is 12.0 Å². The van der Waals surface area contributed by atoms with E-state index in [9.17, 15) is 4.79 Å². The van der Waals surface area contributed by atoms with E-state index in [2.05, 4.69) is 12.2 Å². The lowest BCUT2D eigenvalue weighted by molar-refractivity contribution is 0.0937. The van der Waals surface area contributed by atoms with Gasteiger partial charge in [-0.3, -0.25) is 4.79 Å². The van der Waals surface area contributed by atoms with Crippen LogP contribution >= 0.6 is 0 Å². The van der Waals surface area contributed by atoms with Crippen LogP contribution in [-0.2, 0) is 0 Å². The Balaban J connectivity index is 1.60. The summed E-state index contributed by atoms with van der Waals surface area (Å²) in [6.45, 7) is 3.38. The molecule has 1 atom stereocenters. The third-order valence-corrected chi connectivity index (χ3v) is 4.92. The number of amides is 1. The highest BCUT2D eigenvalue weighted by atomic mass is 16.5. The van der Waals surface area contributed by atoms with Crippen LogP contribution in [-0.4, -0.2) is 19.1 Å². The van der Waals surface area contributed by atoms with Crippen molar-refractivity contribution >= 4 is 16.7 Å². The van der Waals surface area contributed by atoms with Gasteiger partial charge in [0.15, 0.2) is 11.5 Å². The largest absolute Gasteiger partial charge is 0.490 e. The molecule has 3 aromatic rings. The van der Waals surface area contributed by atoms with Gasteiger partial charge in [-0.15, -0.1) is 0 Å². The van der Waals surface area contributed by atoms with E-state index in [0.29, 0.717) is 18.8 Å². The molecule has 0 bridgehead atoms. The quantitative estimate of drug-likeness (QED) is 0.720. The van der Waals surface area contributed by atoms with Crippen LogP contribution in [0.4, 0.5) is 0 Å². The van der Waals surface area contributed by atoms with Crippen molar-refractivity contribution < 1.29 is 14.3 Å². The zero-order chi connectivity index (χ0) is 18.6. The van der Waals surface area contributed by atoms with Gasteiger partial charge in [-0.25, -0.2) is 0 Å². The Morgan fingerprint density at radius 2 is 1.78 bits per heavy atom. The van der Waals surface area contributed by atoms with Crippen LogP contribution in [0.2, 0.25) is 0 Å². The first kappa shape index (κ1) is 17.4. The summed E-state index contributed by atoms with van der Waals surface area (Å²) in [6, 6.07) is 19.6. The highest BCUT2D eigenvalue weighted by Gasteiger charge is 2.18. The van der Waals surface area contributed by atoms with E-state index in [-0.39, 0.29) is 11.9 Å². The normalized spacial score (nSPS) is 14.4. The lowest BCUT2D eigenvalue weighted by Gasteiger charge is -2.19. The molecule has 0 saturated carbocycles. The van der Waals surface area contributed by atoms with Crippen molar-refractivity contribution in [2.75, 3.05) is 13.2 Å². The zero-order valence-electron chi connectivity index (χ0n) is 15.4. The molecule has 1 amide bonds. The topological polar surface area (TPSA) is 47.6 Å². The predicted octanol–water partition coefficient (Wildman–Crippen LogP) is 4.88. The van der Waals surface area contributed by atoms with Crippen molar-refractivity contribution in [3.8, 4) is 11.5 Å². The maximum atomic E-state index is 13.0. The van der Waals surface area contributed by atoms with Gasteiger partial charge in [0.1, 0.15) is 0 Å². The second-order valence-electron chi connectivity index (χ2n) is 6.72. The summed E-state index contributed by atoms with van der Waals surface area (Å²) in [7, 11) is 0. The minimum atomic E-state index is -0.0892. The Bertz CT molecular complexity index is 961. The molecule has 1 heterocycles. The summed E-state index contributed by atoms with van der Waals surface area (Å²) in [5.74, 6) is 1.46. The molecule has 0 aromatic heterocycles. The van der Waals surface area contributed by atoms with Crippen molar-refractivity contribution in [1.82, 2.24) is 5.32 Å². The van der Waals surface area contributed by atoms with Gasteiger partial charge in [0.25, 0.3) is 5.91 Å². The Morgan fingerprint density at radius 1 is 1.00 bits per heavy atom. The van der Waals surface area contributed by atoms with Gasteiger partial charge in [-0.1, -0.05) is 49.4 Å². The van der Waals surface area contributed by atoms with E-state index in [1.54, 1.807) is 0 Å². The van der Waals surface area contributed by atoms with Gasteiger partial charge < -0.3 is 14.8 Å². The number of hydrogen-bond donors (Lipinski definition) is 1. The minimum Gasteiger partial charge on any atom is -0.490 e. The molecule has 4 rings (SSSR count). The summed E-state index contributed by atoms with van der Waals surface area (Å²) >= 11 is 0. The molecular weight excluding hydrogens is 338 g/mol. The van der Waals surface area contributed by atoms with E-state index >= 15 is 0 Å². The van der Waals surface area contributed by atoms with Crippen LogP contribution in [0.15, 0.2) is 60.7 Å². The van der Waals surface area contributed by atoms with Crippen LogP contribution in [0.1, 0.15) is 41.7 Å². The molecule has 0 unspecified atom stereocenters. The van der Waals surface area contributed by atoms with Crippen LogP contribution < -0.4 is 14.8 Å². The van der Waals surface area contributed by atoms with Crippen LogP contribution in [0.5, 0.6) is 11.5 Å². The number of carbonyl (C=O) groups excluding carboxylic acids is 1. The van der Waals surface area contributed by atoms with Crippen LogP contribution in [0.25, 0.3) is 10.8 Å². The fourth-order valence-corrected chi connectivity index (χ4v) is 3.48. The number of ether oxygens (including phenoxy) is 2. The molecule has 27 heavy (non-hydrogen) atoms. The van der Waals surface area contributed by atoms with E-state index in [1.165, 1.54) is 0 Å². The maximum absolute atomic E-state index is 13.0. The minimum absolute atomic E-state index is 0.0641. The summed E-state index contributed by atoms with van der Waals surface area (Å²) < 4.78 is 11.5. The monoisotopic (exact) mass is 361 g/mol. The van der Waals surface area contributed by atoms with Crippen molar-refractivity contribution in [3.05, 3.63) is 71.8 Å². The lowest BCUT2D eigenvalue weighted by atomic mass is 10.0. The fraction of sp³-hybridized carbons (Fsp3) is 0.261. The molecular formula is C23H23NO3. The summed E-state index contributed by atoms with van der Waals surface area (Å²) in [5.41, 5.74) is 1.72. The molecule has 138 valence electrons. The molecule has 4 nitrogen and oxygen atoms in total. The molecule has 0 fully saturated rings. The first-order valence-electron chi connectivity index (χ1n) is 9.44. The van der Waals surface area contributed by atoms with E-state index in [4.69, 9.17) is 9.47 Å². The maximum Gasteiger partial charge on any atom is 0.252 e.